The molecular weight excluding hydrogens is 202 g/mol. The van der Waals surface area contributed by atoms with E-state index >= 15 is 0 Å². The Hall–Kier alpha value is -0.120. The van der Waals surface area contributed by atoms with E-state index in [9.17, 15) is 0 Å². The van der Waals surface area contributed by atoms with Gasteiger partial charge in [-0.15, -0.1) is 0 Å². The van der Waals surface area contributed by atoms with Gasteiger partial charge in [0.1, 0.15) is 0 Å². The van der Waals surface area contributed by atoms with Gasteiger partial charge in [-0.1, -0.05) is 12.8 Å². The number of ether oxygens (including phenoxy) is 2. The normalized spacial score (nSPS) is 19.1. The fourth-order valence-electron chi connectivity index (χ4n) is 2.60. The Kier molecular flexibility index (Phi) is 7.01. The average molecular weight is 229 g/mol. The lowest BCUT2D eigenvalue weighted by Crippen LogP contribution is -2.34. The van der Waals surface area contributed by atoms with Crippen molar-refractivity contribution in [1.82, 2.24) is 5.32 Å². The maximum absolute atomic E-state index is 5.50. The SMILES string of the molecule is CCOCCC1(CNCCOC)CCCC1. The van der Waals surface area contributed by atoms with Crippen molar-refractivity contribution in [2.24, 2.45) is 5.41 Å². The van der Waals surface area contributed by atoms with Crippen molar-refractivity contribution in [2.45, 2.75) is 39.0 Å². The van der Waals surface area contributed by atoms with Crippen LogP contribution in [0.1, 0.15) is 39.0 Å². The monoisotopic (exact) mass is 229 g/mol. The Morgan fingerprint density at radius 3 is 2.56 bits per heavy atom. The highest BCUT2D eigenvalue weighted by Crippen LogP contribution is 2.40. The Balaban J connectivity index is 2.22. The first kappa shape index (κ1) is 13.9. The van der Waals surface area contributed by atoms with Crippen molar-refractivity contribution in [1.29, 1.82) is 0 Å². The Morgan fingerprint density at radius 1 is 1.19 bits per heavy atom. The van der Waals surface area contributed by atoms with Crippen molar-refractivity contribution < 1.29 is 9.47 Å². The summed E-state index contributed by atoms with van der Waals surface area (Å²) in [5.41, 5.74) is 0.503. The lowest BCUT2D eigenvalue weighted by atomic mass is 9.83. The summed E-state index contributed by atoms with van der Waals surface area (Å²) in [5, 5.41) is 3.52. The summed E-state index contributed by atoms with van der Waals surface area (Å²) in [6, 6.07) is 0. The zero-order chi connectivity index (χ0) is 11.7. The summed E-state index contributed by atoms with van der Waals surface area (Å²) in [6.07, 6.45) is 6.71. The van der Waals surface area contributed by atoms with E-state index in [0.717, 1.165) is 32.9 Å². The minimum absolute atomic E-state index is 0.503. The predicted molar refractivity (Wildman–Crippen MR) is 66.8 cm³/mol. The van der Waals surface area contributed by atoms with E-state index in [-0.39, 0.29) is 0 Å². The predicted octanol–water partition coefficient (Wildman–Crippen LogP) is 2.21. The zero-order valence-electron chi connectivity index (χ0n) is 10.9. The molecule has 1 aliphatic carbocycles. The highest BCUT2D eigenvalue weighted by molar-refractivity contribution is 4.86. The summed E-state index contributed by atoms with van der Waals surface area (Å²) in [5.74, 6) is 0. The fourth-order valence-corrected chi connectivity index (χ4v) is 2.60. The molecule has 0 aromatic heterocycles. The summed E-state index contributed by atoms with van der Waals surface area (Å²) < 4.78 is 10.5. The molecule has 0 aromatic carbocycles. The molecule has 16 heavy (non-hydrogen) atoms. The lowest BCUT2D eigenvalue weighted by molar-refractivity contribution is 0.101. The Bertz CT molecular complexity index is 167. The van der Waals surface area contributed by atoms with Crippen LogP contribution >= 0.6 is 0 Å². The van der Waals surface area contributed by atoms with Crippen LogP contribution in [0.2, 0.25) is 0 Å². The Morgan fingerprint density at radius 2 is 1.94 bits per heavy atom. The molecule has 0 atom stereocenters. The van der Waals surface area contributed by atoms with Crippen LogP contribution in [0.15, 0.2) is 0 Å². The summed E-state index contributed by atoms with van der Waals surface area (Å²) >= 11 is 0. The second-order valence-corrected chi connectivity index (χ2v) is 4.82. The van der Waals surface area contributed by atoms with Gasteiger partial charge in [0.05, 0.1) is 6.61 Å². The van der Waals surface area contributed by atoms with E-state index in [2.05, 4.69) is 12.2 Å². The van der Waals surface area contributed by atoms with Crippen LogP contribution in [0.3, 0.4) is 0 Å². The molecule has 0 bridgehead atoms. The molecule has 1 N–H and O–H groups in total. The highest BCUT2D eigenvalue weighted by Gasteiger charge is 2.32. The molecule has 0 aromatic rings. The molecule has 0 unspecified atom stereocenters. The first-order chi connectivity index (χ1) is 7.83. The van der Waals surface area contributed by atoms with E-state index in [1.165, 1.54) is 32.1 Å². The number of methoxy groups -OCH3 is 1. The molecule has 0 heterocycles. The molecule has 96 valence electrons. The topological polar surface area (TPSA) is 30.5 Å². The quantitative estimate of drug-likeness (QED) is 0.615. The van der Waals surface area contributed by atoms with Crippen LogP contribution in [0.4, 0.5) is 0 Å². The van der Waals surface area contributed by atoms with Gasteiger partial charge in [0.15, 0.2) is 0 Å². The van der Waals surface area contributed by atoms with Crippen LogP contribution in [-0.4, -0.2) is 40.0 Å². The lowest BCUT2D eigenvalue weighted by Gasteiger charge is -2.29. The summed E-state index contributed by atoms with van der Waals surface area (Å²) in [7, 11) is 1.75. The van der Waals surface area contributed by atoms with Gasteiger partial charge < -0.3 is 14.8 Å². The largest absolute Gasteiger partial charge is 0.383 e. The number of rotatable bonds is 9. The number of hydrogen-bond acceptors (Lipinski definition) is 3. The molecular formula is C13H27NO2. The fraction of sp³-hybridized carbons (Fsp3) is 1.00. The summed E-state index contributed by atoms with van der Waals surface area (Å²) in [6.45, 7) is 6.73. The van der Waals surface area contributed by atoms with Gasteiger partial charge in [0.25, 0.3) is 0 Å². The van der Waals surface area contributed by atoms with Crippen LogP contribution in [0, 0.1) is 5.41 Å². The molecule has 1 saturated carbocycles. The third-order valence-corrected chi connectivity index (χ3v) is 3.63. The second-order valence-electron chi connectivity index (χ2n) is 4.82. The standard InChI is InChI=1S/C13H27NO2/c1-3-16-10-8-13(6-4-5-7-13)12-14-9-11-15-2/h14H,3-12H2,1-2H3. The first-order valence-electron chi connectivity index (χ1n) is 6.60. The van der Waals surface area contributed by atoms with Gasteiger partial charge in [-0.3, -0.25) is 0 Å². The first-order valence-corrected chi connectivity index (χ1v) is 6.60. The number of hydrogen-bond donors (Lipinski definition) is 1. The van der Waals surface area contributed by atoms with E-state index < -0.39 is 0 Å². The summed E-state index contributed by atoms with van der Waals surface area (Å²) in [4.78, 5) is 0. The van der Waals surface area contributed by atoms with Gasteiger partial charge in [-0.25, -0.2) is 0 Å². The van der Waals surface area contributed by atoms with Gasteiger partial charge >= 0.3 is 0 Å². The van der Waals surface area contributed by atoms with Crippen molar-refractivity contribution in [3.05, 3.63) is 0 Å². The molecule has 3 heteroatoms. The maximum Gasteiger partial charge on any atom is 0.0587 e. The van der Waals surface area contributed by atoms with Crippen molar-refractivity contribution in [3.8, 4) is 0 Å². The molecule has 1 aliphatic rings. The third-order valence-electron chi connectivity index (χ3n) is 3.63. The van der Waals surface area contributed by atoms with Crippen molar-refractivity contribution >= 4 is 0 Å². The van der Waals surface area contributed by atoms with Crippen LogP contribution in [-0.2, 0) is 9.47 Å². The van der Waals surface area contributed by atoms with Crippen molar-refractivity contribution in [2.75, 3.05) is 40.0 Å². The van der Waals surface area contributed by atoms with Gasteiger partial charge in [-0.2, -0.15) is 0 Å². The van der Waals surface area contributed by atoms with E-state index in [1.54, 1.807) is 7.11 Å². The van der Waals surface area contributed by atoms with E-state index in [4.69, 9.17) is 9.47 Å². The molecule has 0 spiro atoms. The molecule has 1 rings (SSSR count). The minimum Gasteiger partial charge on any atom is -0.383 e. The van der Waals surface area contributed by atoms with Crippen LogP contribution < -0.4 is 5.32 Å². The molecule has 0 aliphatic heterocycles. The second kappa shape index (κ2) is 8.04. The van der Waals surface area contributed by atoms with Gasteiger partial charge in [-0.05, 0) is 31.6 Å². The third kappa shape index (κ3) is 4.81. The van der Waals surface area contributed by atoms with Crippen LogP contribution in [0.25, 0.3) is 0 Å². The molecule has 0 radical (unpaired) electrons. The zero-order valence-corrected chi connectivity index (χ0v) is 10.9. The molecule has 0 saturated heterocycles. The molecule has 3 nitrogen and oxygen atoms in total. The van der Waals surface area contributed by atoms with Crippen molar-refractivity contribution in [3.63, 3.8) is 0 Å². The van der Waals surface area contributed by atoms with Gasteiger partial charge in [0.2, 0.25) is 0 Å². The number of nitrogens with one attached hydrogen (secondary N) is 1. The van der Waals surface area contributed by atoms with Gasteiger partial charge in [0, 0.05) is 33.4 Å². The van der Waals surface area contributed by atoms with Crippen LogP contribution in [0.5, 0.6) is 0 Å². The van der Waals surface area contributed by atoms with E-state index in [1.807, 2.05) is 0 Å². The van der Waals surface area contributed by atoms with E-state index in [0.29, 0.717) is 5.41 Å². The smallest absolute Gasteiger partial charge is 0.0587 e. The molecule has 1 fully saturated rings. The minimum atomic E-state index is 0.503. The maximum atomic E-state index is 5.50. The molecule has 0 amide bonds. The highest BCUT2D eigenvalue weighted by atomic mass is 16.5. The Labute approximate surface area is 99.9 Å². The average Bonchev–Trinajstić information content (AvgIpc) is 2.74.